The predicted octanol–water partition coefficient (Wildman–Crippen LogP) is 4.65. The van der Waals surface area contributed by atoms with Crippen molar-refractivity contribution in [1.82, 2.24) is 5.32 Å². The molecule has 1 aromatic carbocycles. The molecule has 0 saturated carbocycles. The van der Waals surface area contributed by atoms with Crippen molar-refractivity contribution >= 4 is 33.4 Å². The molecule has 1 N–H and O–H groups in total. The molecule has 118 valence electrons. The molecular formula is C16H17BrClNO3. The number of amides is 1. The summed E-state index contributed by atoms with van der Waals surface area (Å²) in [5, 5.41) is 3.46. The van der Waals surface area contributed by atoms with Gasteiger partial charge in [-0.2, -0.15) is 0 Å². The average molecular weight is 387 g/mol. The fourth-order valence-electron chi connectivity index (χ4n) is 1.90. The van der Waals surface area contributed by atoms with Gasteiger partial charge in [0.25, 0.3) is 5.91 Å². The molecule has 2 aromatic rings. The van der Waals surface area contributed by atoms with Crippen LogP contribution in [0.5, 0.6) is 5.75 Å². The van der Waals surface area contributed by atoms with Crippen LogP contribution in [-0.2, 0) is 4.79 Å². The summed E-state index contributed by atoms with van der Waals surface area (Å²) < 4.78 is 11.9. The van der Waals surface area contributed by atoms with E-state index in [2.05, 4.69) is 21.2 Å². The molecule has 0 spiro atoms. The van der Waals surface area contributed by atoms with Crippen LogP contribution >= 0.6 is 27.5 Å². The van der Waals surface area contributed by atoms with E-state index >= 15 is 0 Å². The van der Waals surface area contributed by atoms with Crippen LogP contribution in [-0.4, -0.2) is 12.0 Å². The van der Waals surface area contributed by atoms with Crippen LogP contribution in [0.4, 0.5) is 0 Å². The van der Waals surface area contributed by atoms with Crippen molar-refractivity contribution in [1.29, 1.82) is 0 Å². The average Bonchev–Trinajstić information content (AvgIpc) is 2.88. The van der Waals surface area contributed by atoms with Gasteiger partial charge in [-0.25, -0.2) is 0 Å². The van der Waals surface area contributed by atoms with Crippen LogP contribution in [0.1, 0.15) is 31.4 Å². The van der Waals surface area contributed by atoms with Crippen LogP contribution in [0.25, 0.3) is 0 Å². The van der Waals surface area contributed by atoms with E-state index < -0.39 is 6.10 Å². The highest BCUT2D eigenvalue weighted by Gasteiger charge is 2.20. The summed E-state index contributed by atoms with van der Waals surface area (Å²) in [7, 11) is 0. The lowest BCUT2D eigenvalue weighted by atomic mass is 10.2. The van der Waals surface area contributed by atoms with Gasteiger partial charge in [-0.05, 0) is 67.0 Å². The van der Waals surface area contributed by atoms with Gasteiger partial charge in [0.2, 0.25) is 0 Å². The maximum absolute atomic E-state index is 12.2. The Kier molecular flexibility index (Phi) is 5.53. The number of carbonyl (C=O) groups excluding carboxylic acids is 1. The van der Waals surface area contributed by atoms with E-state index in [1.54, 1.807) is 25.1 Å². The zero-order valence-corrected chi connectivity index (χ0v) is 14.9. The van der Waals surface area contributed by atoms with Crippen molar-refractivity contribution in [3.8, 4) is 5.75 Å². The van der Waals surface area contributed by atoms with E-state index in [9.17, 15) is 4.79 Å². The Hall–Kier alpha value is -1.46. The second-order valence-electron chi connectivity index (χ2n) is 5.01. The van der Waals surface area contributed by atoms with E-state index in [1.807, 2.05) is 26.0 Å². The van der Waals surface area contributed by atoms with Gasteiger partial charge >= 0.3 is 0 Å². The van der Waals surface area contributed by atoms with Crippen LogP contribution in [0, 0.1) is 6.92 Å². The maximum atomic E-state index is 12.2. The summed E-state index contributed by atoms with van der Waals surface area (Å²) in [5.41, 5.74) is 0. The number of nitrogens with one attached hydrogen (secondary N) is 1. The SMILES string of the molecule is Cc1ccc(C(C)NC(=O)C(C)Oc2ccc(Cl)cc2Br)o1. The molecule has 0 bridgehead atoms. The number of aryl methyl sites for hydroxylation is 1. The first-order valence-electron chi connectivity index (χ1n) is 6.85. The highest BCUT2D eigenvalue weighted by Crippen LogP contribution is 2.28. The van der Waals surface area contributed by atoms with Crippen LogP contribution in [0.2, 0.25) is 5.02 Å². The molecule has 0 radical (unpaired) electrons. The van der Waals surface area contributed by atoms with Crippen molar-refractivity contribution in [2.75, 3.05) is 0 Å². The first-order valence-corrected chi connectivity index (χ1v) is 8.02. The molecule has 1 aromatic heterocycles. The minimum absolute atomic E-state index is 0.219. The minimum Gasteiger partial charge on any atom is -0.480 e. The van der Waals surface area contributed by atoms with Crippen molar-refractivity contribution in [3.63, 3.8) is 0 Å². The van der Waals surface area contributed by atoms with Gasteiger partial charge in [-0.15, -0.1) is 0 Å². The number of hydrogen-bond donors (Lipinski definition) is 1. The highest BCUT2D eigenvalue weighted by molar-refractivity contribution is 9.10. The summed E-state index contributed by atoms with van der Waals surface area (Å²) in [5.74, 6) is 1.87. The Balaban J connectivity index is 1.97. The summed E-state index contributed by atoms with van der Waals surface area (Å²) in [6, 6.07) is 8.64. The molecule has 0 aliphatic rings. The van der Waals surface area contributed by atoms with Gasteiger partial charge in [0.05, 0.1) is 10.5 Å². The Labute approximate surface area is 142 Å². The fraction of sp³-hybridized carbons (Fsp3) is 0.312. The second-order valence-corrected chi connectivity index (χ2v) is 6.30. The third kappa shape index (κ3) is 4.27. The normalized spacial score (nSPS) is 13.5. The maximum Gasteiger partial charge on any atom is 0.261 e. The zero-order valence-electron chi connectivity index (χ0n) is 12.5. The predicted molar refractivity (Wildman–Crippen MR) is 89.2 cm³/mol. The highest BCUT2D eigenvalue weighted by atomic mass is 79.9. The number of hydrogen-bond acceptors (Lipinski definition) is 3. The summed E-state index contributed by atoms with van der Waals surface area (Å²) in [6.07, 6.45) is -0.643. The lowest BCUT2D eigenvalue weighted by Crippen LogP contribution is -2.37. The van der Waals surface area contributed by atoms with Gasteiger partial charge in [0.15, 0.2) is 6.10 Å². The Morgan fingerprint density at radius 2 is 2.05 bits per heavy atom. The van der Waals surface area contributed by atoms with E-state index in [4.69, 9.17) is 20.8 Å². The van der Waals surface area contributed by atoms with Gasteiger partial charge in [-0.1, -0.05) is 11.6 Å². The molecule has 1 amide bonds. The quantitative estimate of drug-likeness (QED) is 0.814. The van der Waals surface area contributed by atoms with Crippen LogP contribution < -0.4 is 10.1 Å². The first-order chi connectivity index (χ1) is 10.4. The Morgan fingerprint density at radius 3 is 2.64 bits per heavy atom. The molecule has 2 atom stereocenters. The van der Waals surface area contributed by atoms with E-state index in [1.165, 1.54) is 0 Å². The number of rotatable bonds is 5. The number of ether oxygens (including phenoxy) is 1. The molecular weight excluding hydrogens is 370 g/mol. The number of halogens is 2. The topological polar surface area (TPSA) is 51.5 Å². The number of benzene rings is 1. The molecule has 0 saturated heterocycles. The van der Waals surface area contributed by atoms with Gasteiger partial charge in [0.1, 0.15) is 17.3 Å². The largest absolute Gasteiger partial charge is 0.480 e. The van der Waals surface area contributed by atoms with E-state index in [0.717, 1.165) is 5.76 Å². The third-order valence-corrected chi connectivity index (χ3v) is 3.97. The zero-order chi connectivity index (χ0) is 16.3. The molecule has 6 heteroatoms. The van der Waals surface area contributed by atoms with Gasteiger partial charge in [0, 0.05) is 5.02 Å². The van der Waals surface area contributed by atoms with E-state index in [0.29, 0.717) is 21.0 Å². The van der Waals surface area contributed by atoms with Crippen LogP contribution in [0.15, 0.2) is 39.2 Å². The summed E-state index contributed by atoms with van der Waals surface area (Å²) >= 11 is 9.24. The van der Waals surface area contributed by atoms with Crippen LogP contribution in [0.3, 0.4) is 0 Å². The standard InChI is InChI=1S/C16H17BrClNO3/c1-9-4-6-14(21-9)10(2)19-16(20)11(3)22-15-7-5-12(18)8-13(15)17/h4-8,10-11H,1-3H3,(H,19,20). The van der Waals surface area contributed by atoms with Gasteiger partial charge < -0.3 is 14.5 Å². The molecule has 4 nitrogen and oxygen atoms in total. The molecule has 0 aliphatic heterocycles. The smallest absolute Gasteiger partial charge is 0.261 e. The second kappa shape index (κ2) is 7.20. The summed E-state index contributed by atoms with van der Waals surface area (Å²) in [6.45, 7) is 5.42. The van der Waals surface area contributed by atoms with E-state index in [-0.39, 0.29) is 11.9 Å². The third-order valence-electron chi connectivity index (χ3n) is 3.11. The Morgan fingerprint density at radius 1 is 1.32 bits per heavy atom. The van der Waals surface area contributed by atoms with Crippen molar-refractivity contribution < 1.29 is 13.9 Å². The first kappa shape index (κ1) is 16.9. The molecule has 2 unspecified atom stereocenters. The monoisotopic (exact) mass is 385 g/mol. The lowest BCUT2D eigenvalue weighted by molar-refractivity contribution is -0.128. The summed E-state index contributed by atoms with van der Waals surface area (Å²) in [4.78, 5) is 12.2. The molecule has 1 heterocycles. The lowest BCUT2D eigenvalue weighted by Gasteiger charge is -2.18. The number of furan rings is 1. The fourth-order valence-corrected chi connectivity index (χ4v) is 2.68. The van der Waals surface area contributed by atoms with Crippen molar-refractivity contribution in [2.24, 2.45) is 0 Å². The minimum atomic E-state index is -0.643. The Bertz CT molecular complexity index is 671. The molecule has 0 fully saturated rings. The van der Waals surface area contributed by atoms with Gasteiger partial charge in [-0.3, -0.25) is 4.79 Å². The molecule has 2 rings (SSSR count). The molecule has 0 aliphatic carbocycles. The van der Waals surface area contributed by atoms with Crippen molar-refractivity contribution in [2.45, 2.75) is 32.9 Å². The van der Waals surface area contributed by atoms with Crippen molar-refractivity contribution in [3.05, 3.63) is 51.3 Å². The molecule has 22 heavy (non-hydrogen) atoms. The number of carbonyl (C=O) groups is 1.